The highest BCUT2D eigenvalue weighted by atomic mass is 19.4. The monoisotopic (exact) mass is 396 g/mol. The molecule has 28 heavy (non-hydrogen) atoms. The van der Waals surface area contributed by atoms with Gasteiger partial charge in [-0.15, -0.1) is 5.10 Å². The molecule has 1 aliphatic rings. The second-order valence-electron chi connectivity index (χ2n) is 6.47. The van der Waals surface area contributed by atoms with Gasteiger partial charge in [0.05, 0.1) is 13.7 Å². The fourth-order valence-corrected chi connectivity index (χ4v) is 2.79. The summed E-state index contributed by atoms with van der Waals surface area (Å²) in [6.45, 7) is 1.07. The molecule has 1 fully saturated rings. The van der Waals surface area contributed by atoms with Gasteiger partial charge in [-0.25, -0.2) is 14.5 Å². The van der Waals surface area contributed by atoms with Crippen LogP contribution in [0.5, 0.6) is 5.75 Å². The summed E-state index contributed by atoms with van der Waals surface area (Å²) in [5.74, 6) is 0.498. The molecule has 0 bridgehead atoms. The van der Waals surface area contributed by atoms with E-state index in [9.17, 15) is 18.0 Å². The molecule has 2 aromatic rings. The first-order valence-electron chi connectivity index (χ1n) is 8.47. The number of aryl methyl sites for hydroxylation is 1. The lowest BCUT2D eigenvalue weighted by Crippen LogP contribution is -2.55. The molecule has 0 atom stereocenters. The number of carbonyl (C=O) groups excluding carboxylic acids is 1. The summed E-state index contributed by atoms with van der Waals surface area (Å²) < 4.78 is 48.3. The zero-order chi connectivity index (χ0) is 20.3. The van der Waals surface area contributed by atoms with Gasteiger partial charge in [0.2, 0.25) is 0 Å². The van der Waals surface area contributed by atoms with Crippen molar-refractivity contribution in [1.82, 2.24) is 19.7 Å². The number of esters is 1. The lowest BCUT2D eigenvalue weighted by molar-refractivity contribution is -0.175. The summed E-state index contributed by atoms with van der Waals surface area (Å²) >= 11 is 0. The molecule has 150 valence electrons. The maximum absolute atomic E-state index is 12.2. The van der Waals surface area contributed by atoms with E-state index in [1.807, 2.05) is 19.1 Å². The molecule has 2 heterocycles. The fourth-order valence-electron chi connectivity index (χ4n) is 2.79. The smallest absolute Gasteiger partial charge is 0.401 e. The first-order chi connectivity index (χ1) is 13.2. The van der Waals surface area contributed by atoms with Crippen molar-refractivity contribution in [3.05, 3.63) is 36.2 Å². The Morgan fingerprint density at radius 1 is 1.32 bits per heavy atom. The van der Waals surface area contributed by atoms with Gasteiger partial charge in [0, 0.05) is 30.9 Å². The van der Waals surface area contributed by atoms with E-state index in [0.29, 0.717) is 11.6 Å². The summed E-state index contributed by atoms with van der Waals surface area (Å²) in [5.41, 5.74) is 1.76. The highest BCUT2D eigenvalue weighted by Gasteiger charge is 2.38. The minimum Gasteiger partial charge on any atom is -0.497 e. The standard InChI is InChI=1S/C18H19F3N4O3/c1-12-5-13(7-14(6-12)27-2)17-22-11-25(23-17)4-3-16(26)28-15-8-24(9-15)10-18(19,20)21/h3-7,11,15H,8-10H2,1-2H3/b4-3-. The van der Waals surface area contributed by atoms with Crippen molar-refractivity contribution in [3.8, 4) is 17.1 Å². The lowest BCUT2D eigenvalue weighted by atomic mass is 10.1. The van der Waals surface area contributed by atoms with Crippen LogP contribution in [0.4, 0.5) is 13.2 Å². The van der Waals surface area contributed by atoms with Gasteiger partial charge < -0.3 is 9.47 Å². The van der Waals surface area contributed by atoms with E-state index in [-0.39, 0.29) is 13.1 Å². The Kier molecular flexibility index (Phi) is 5.68. The van der Waals surface area contributed by atoms with Crippen molar-refractivity contribution in [1.29, 1.82) is 0 Å². The largest absolute Gasteiger partial charge is 0.497 e. The molecule has 0 N–H and O–H groups in total. The predicted octanol–water partition coefficient (Wildman–Crippen LogP) is 2.52. The molecule has 7 nitrogen and oxygen atoms in total. The minimum atomic E-state index is -4.25. The third-order valence-corrected chi connectivity index (χ3v) is 4.03. The molecule has 0 amide bonds. The molecule has 1 aromatic carbocycles. The quantitative estimate of drug-likeness (QED) is 0.552. The zero-order valence-electron chi connectivity index (χ0n) is 15.3. The first kappa shape index (κ1) is 19.9. The average molecular weight is 396 g/mol. The number of ether oxygens (including phenoxy) is 2. The maximum Gasteiger partial charge on any atom is 0.401 e. The molecule has 10 heteroatoms. The van der Waals surface area contributed by atoms with Crippen molar-refractivity contribution in [2.24, 2.45) is 0 Å². The Morgan fingerprint density at radius 2 is 2.07 bits per heavy atom. The van der Waals surface area contributed by atoms with Crippen LogP contribution >= 0.6 is 0 Å². The average Bonchev–Trinajstić information content (AvgIpc) is 3.05. The number of hydrogen-bond donors (Lipinski definition) is 0. The van der Waals surface area contributed by atoms with Gasteiger partial charge in [0.1, 0.15) is 18.2 Å². The fraction of sp³-hybridized carbons (Fsp3) is 0.389. The number of alkyl halides is 3. The number of rotatable bonds is 6. The maximum atomic E-state index is 12.2. The van der Waals surface area contributed by atoms with Gasteiger partial charge in [-0.05, 0) is 30.7 Å². The highest BCUT2D eigenvalue weighted by Crippen LogP contribution is 2.23. The van der Waals surface area contributed by atoms with Crippen LogP contribution < -0.4 is 4.74 Å². The number of benzene rings is 1. The van der Waals surface area contributed by atoms with Gasteiger partial charge in [0.25, 0.3) is 0 Å². The molecule has 1 aromatic heterocycles. The van der Waals surface area contributed by atoms with Gasteiger partial charge in [-0.3, -0.25) is 4.90 Å². The van der Waals surface area contributed by atoms with E-state index in [0.717, 1.165) is 17.2 Å². The number of hydrogen-bond acceptors (Lipinski definition) is 6. The van der Waals surface area contributed by atoms with Crippen molar-refractivity contribution in [2.75, 3.05) is 26.7 Å². The normalized spacial score (nSPS) is 15.6. The number of methoxy groups -OCH3 is 1. The predicted molar refractivity (Wildman–Crippen MR) is 94.5 cm³/mol. The van der Waals surface area contributed by atoms with Crippen LogP contribution in [0, 0.1) is 6.92 Å². The molecule has 1 aliphatic heterocycles. The second-order valence-corrected chi connectivity index (χ2v) is 6.47. The molecule has 0 unspecified atom stereocenters. The van der Waals surface area contributed by atoms with Gasteiger partial charge >= 0.3 is 12.1 Å². The molecular formula is C18H19F3N4O3. The molecule has 3 rings (SSSR count). The number of aromatic nitrogens is 3. The van der Waals surface area contributed by atoms with Crippen LogP contribution in [0.15, 0.2) is 30.6 Å². The Morgan fingerprint density at radius 3 is 2.75 bits per heavy atom. The number of carbonyl (C=O) groups is 1. The second kappa shape index (κ2) is 8.01. The van der Waals surface area contributed by atoms with E-state index in [2.05, 4.69) is 10.1 Å². The lowest BCUT2D eigenvalue weighted by Gasteiger charge is -2.38. The molecule has 0 radical (unpaired) electrons. The van der Waals surface area contributed by atoms with Gasteiger partial charge in [-0.1, -0.05) is 0 Å². The third kappa shape index (κ3) is 5.32. The van der Waals surface area contributed by atoms with E-state index in [1.54, 1.807) is 13.2 Å². The third-order valence-electron chi connectivity index (χ3n) is 4.03. The minimum absolute atomic E-state index is 0.0712. The van der Waals surface area contributed by atoms with Crippen LogP contribution in [0.25, 0.3) is 17.6 Å². The van der Waals surface area contributed by atoms with Crippen LogP contribution in [0.1, 0.15) is 5.56 Å². The highest BCUT2D eigenvalue weighted by molar-refractivity contribution is 5.85. The van der Waals surface area contributed by atoms with E-state index in [4.69, 9.17) is 9.47 Å². The summed E-state index contributed by atoms with van der Waals surface area (Å²) in [4.78, 5) is 17.1. The van der Waals surface area contributed by atoms with Crippen molar-refractivity contribution >= 4 is 12.2 Å². The molecule has 0 saturated carbocycles. The van der Waals surface area contributed by atoms with Crippen LogP contribution in [0.3, 0.4) is 0 Å². The Hall–Kier alpha value is -2.88. The zero-order valence-corrected chi connectivity index (χ0v) is 15.3. The van der Waals surface area contributed by atoms with Crippen LogP contribution in [0.2, 0.25) is 0 Å². The van der Waals surface area contributed by atoms with Crippen molar-refractivity contribution in [3.63, 3.8) is 0 Å². The van der Waals surface area contributed by atoms with Crippen LogP contribution in [-0.4, -0.2) is 64.7 Å². The van der Waals surface area contributed by atoms with Crippen LogP contribution in [-0.2, 0) is 9.53 Å². The number of nitrogens with zero attached hydrogens (tertiary/aromatic N) is 4. The Labute approximate surface area is 159 Å². The Balaban J connectivity index is 1.53. The summed E-state index contributed by atoms with van der Waals surface area (Å²) in [6.07, 6.45) is -0.825. The van der Waals surface area contributed by atoms with Crippen molar-refractivity contribution < 1.29 is 27.4 Å². The summed E-state index contributed by atoms with van der Waals surface area (Å²) in [5, 5.41) is 4.26. The molecule has 0 aliphatic carbocycles. The summed E-state index contributed by atoms with van der Waals surface area (Å²) in [7, 11) is 1.57. The van der Waals surface area contributed by atoms with E-state index < -0.39 is 24.8 Å². The first-order valence-corrected chi connectivity index (χ1v) is 8.47. The molecular weight excluding hydrogens is 377 g/mol. The van der Waals surface area contributed by atoms with Gasteiger partial charge in [0.15, 0.2) is 5.82 Å². The van der Waals surface area contributed by atoms with E-state index in [1.165, 1.54) is 22.1 Å². The van der Waals surface area contributed by atoms with Gasteiger partial charge in [-0.2, -0.15) is 13.2 Å². The van der Waals surface area contributed by atoms with E-state index >= 15 is 0 Å². The molecule has 0 spiro atoms. The molecule has 1 saturated heterocycles. The Bertz CT molecular complexity index is 873. The SMILES string of the molecule is COc1cc(C)cc(-c2ncn(/C=C\C(=O)OC3CN(CC(F)(F)F)C3)n2)c1. The summed E-state index contributed by atoms with van der Waals surface area (Å²) in [6, 6.07) is 5.59. The van der Waals surface area contributed by atoms with Crippen molar-refractivity contribution in [2.45, 2.75) is 19.2 Å². The number of likely N-dealkylation sites (tertiary alicyclic amines) is 1. The number of halogens is 3. The topological polar surface area (TPSA) is 69.5 Å².